The molecule has 0 aromatic carbocycles. The van der Waals surface area contributed by atoms with Crippen LogP contribution in [0.3, 0.4) is 0 Å². The third-order valence-corrected chi connectivity index (χ3v) is 20.4. The van der Waals surface area contributed by atoms with Crippen molar-refractivity contribution < 1.29 is 8.85 Å². The van der Waals surface area contributed by atoms with E-state index in [1.165, 1.54) is 19.3 Å². The van der Waals surface area contributed by atoms with Gasteiger partial charge in [0.25, 0.3) is 0 Å². The van der Waals surface area contributed by atoms with E-state index in [-0.39, 0.29) is 12.2 Å². The predicted octanol–water partition coefficient (Wildman–Crippen LogP) is 10.4. The first-order chi connectivity index (χ1) is 16.2. The molecule has 0 radical (unpaired) electrons. The van der Waals surface area contributed by atoms with Gasteiger partial charge in [-0.05, 0) is 45.7 Å². The molecule has 0 aliphatic rings. The van der Waals surface area contributed by atoms with Crippen molar-refractivity contribution in [3.8, 4) is 12.3 Å². The molecule has 0 amide bonds. The van der Waals surface area contributed by atoms with Crippen LogP contribution >= 0.6 is 0 Å². The topological polar surface area (TPSA) is 18.5 Å². The molecule has 0 N–H and O–H groups in total. The summed E-state index contributed by atoms with van der Waals surface area (Å²) in [4.78, 5) is 0. The SMILES string of the molecule is C#C/C=C/C=C/C(O[Si](C(C)C)(C(C)C)C(C)C)C(CCCCC)O[Si](C(C)C)(C(C)C)C(C)C. The molecule has 204 valence electrons. The van der Waals surface area contributed by atoms with E-state index < -0.39 is 16.6 Å². The molecule has 0 saturated carbocycles. The lowest BCUT2D eigenvalue weighted by atomic mass is 10.1. The Labute approximate surface area is 223 Å². The van der Waals surface area contributed by atoms with Crippen LogP contribution in [0.2, 0.25) is 33.2 Å². The summed E-state index contributed by atoms with van der Waals surface area (Å²) in [5.74, 6) is 2.61. The van der Waals surface area contributed by atoms with Crippen molar-refractivity contribution in [3.63, 3.8) is 0 Å². The first kappa shape index (κ1) is 34.4. The number of hydrogen-bond donors (Lipinski definition) is 0. The van der Waals surface area contributed by atoms with E-state index in [2.05, 4.69) is 108 Å². The zero-order valence-corrected chi connectivity index (χ0v) is 27.7. The number of rotatable bonds is 17. The van der Waals surface area contributed by atoms with Crippen LogP contribution in [0.5, 0.6) is 0 Å². The van der Waals surface area contributed by atoms with Gasteiger partial charge in [0.2, 0.25) is 16.6 Å². The molecule has 0 aromatic heterocycles. The second-order valence-electron chi connectivity index (χ2n) is 12.3. The quantitative estimate of drug-likeness (QED) is 0.0821. The van der Waals surface area contributed by atoms with Gasteiger partial charge in [0.05, 0.1) is 12.2 Å². The van der Waals surface area contributed by atoms with E-state index in [0.29, 0.717) is 33.2 Å². The maximum Gasteiger partial charge on any atom is 0.201 e. The van der Waals surface area contributed by atoms with Crippen molar-refractivity contribution in [1.29, 1.82) is 0 Å². The van der Waals surface area contributed by atoms with Gasteiger partial charge in [0.1, 0.15) is 0 Å². The fourth-order valence-corrected chi connectivity index (χ4v) is 17.8. The molecule has 2 atom stereocenters. The average Bonchev–Trinajstić information content (AvgIpc) is 2.74. The van der Waals surface area contributed by atoms with Gasteiger partial charge in [-0.3, -0.25) is 0 Å². The first-order valence-corrected chi connectivity index (χ1v) is 18.7. The lowest BCUT2D eigenvalue weighted by Crippen LogP contribution is -2.56. The minimum Gasteiger partial charge on any atom is -0.410 e. The number of hydrogen-bond acceptors (Lipinski definition) is 2. The van der Waals surface area contributed by atoms with Crippen molar-refractivity contribution in [3.05, 3.63) is 24.3 Å². The molecule has 2 unspecified atom stereocenters. The largest absolute Gasteiger partial charge is 0.410 e. The lowest BCUT2D eigenvalue weighted by Gasteiger charge is -2.49. The van der Waals surface area contributed by atoms with Gasteiger partial charge in [0.15, 0.2) is 0 Å². The molecule has 0 fully saturated rings. The summed E-state index contributed by atoms with van der Waals surface area (Å²) < 4.78 is 14.9. The molecule has 0 spiro atoms. The Bertz CT molecular complexity index is 624. The average molecular weight is 521 g/mol. The standard InChI is InChI=1S/C31H60O2Si2/c1-15-17-19-21-23-31(33-35(27(9)10,28(11)12)29(13)14)30(22-20-18-16-2)32-34(24(3)4,25(5)6)26(7)8/h1,17,19,21,23-31H,16,18,20,22H2,2-14H3/b19-17+,23-21+. The van der Waals surface area contributed by atoms with Gasteiger partial charge in [-0.25, -0.2) is 0 Å². The molecule has 0 rings (SSSR count). The van der Waals surface area contributed by atoms with Crippen LogP contribution in [0.25, 0.3) is 0 Å². The Morgan fingerprint density at radius 3 is 1.46 bits per heavy atom. The molecule has 0 aliphatic carbocycles. The maximum absolute atomic E-state index is 7.49. The van der Waals surface area contributed by atoms with Crippen LogP contribution in [0, 0.1) is 12.3 Å². The van der Waals surface area contributed by atoms with Crippen LogP contribution in [0.1, 0.15) is 116 Å². The van der Waals surface area contributed by atoms with E-state index in [0.717, 1.165) is 6.42 Å². The number of terminal acetylenes is 1. The smallest absolute Gasteiger partial charge is 0.201 e. The Balaban J connectivity index is 6.77. The van der Waals surface area contributed by atoms with Crippen molar-refractivity contribution in [2.45, 2.75) is 161 Å². The minimum atomic E-state index is -2.11. The van der Waals surface area contributed by atoms with Gasteiger partial charge >= 0.3 is 0 Å². The summed E-state index contributed by atoms with van der Waals surface area (Å²) in [6.45, 7) is 30.8. The molecule has 35 heavy (non-hydrogen) atoms. The van der Waals surface area contributed by atoms with Crippen molar-refractivity contribution in [1.82, 2.24) is 0 Å². The van der Waals surface area contributed by atoms with Gasteiger partial charge in [0, 0.05) is 0 Å². The summed E-state index contributed by atoms with van der Waals surface area (Å²) in [6, 6.07) is 0. The second kappa shape index (κ2) is 16.3. The van der Waals surface area contributed by atoms with Gasteiger partial charge in [-0.2, -0.15) is 0 Å². The Morgan fingerprint density at radius 2 is 1.09 bits per heavy atom. The van der Waals surface area contributed by atoms with E-state index >= 15 is 0 Å². The molecule has 0 aliphatic heterocycles. The summed E-state index contributed by atoms with van der Waals surface area (Å²) in [7, 11) is -4.18. The summed E-state index contributed by atoms with van der Waals surface area (Å²) in [5, 5.41) is 0. The van der Waals surface area contributed by atoms with Crippen LogP contribution in [-0.4, -0.2) is 28.8 Å². The third kappa shape index (κ3) is 9.02. The molecule has 4 heteroatoms. The van der Waals surface area contributed by atoms with Crippen molar-refractivity contribution in [2.24, 2.45) is 0 Å². The van der Waals surface area contributed by atoms with Crippen molar-refractivity contribution in [2.75, 3.05) is 0 Å². The number of unbranched alkanes of at least 4 members (excludes halogenated alkanes) is 2. The molecule has 0 saturated heterocycles. The monoisotopic (exact) mass is 520 g/mol. The van der Waals surface area contributed by atoms with Gasteiger partial charge < -0.3 is 8.85 Å². The Hall–Kier alpha value is -0.606. The molecule has 0 heterocycles. The Morgan fingerprint density at radius 1 is 0.657 bits per heavy atom. The highest BCUT2D eigenvalue weighted by Gasteiger charge is 2.50. The van der Waals surface area contributed by atoms with E-state index in [1.54, 1.807) is 6.08 Å². The predicted molar refractivity (Wildman–Crippen MR) is 163 cm³/mol. The lowest BCUT2D eigenvalue weighted by molar-refractivity contribution is 0.0504. The summed E-state index contributed by atoms with van der Waals surface area (Å²) in [6.07, 6.45) is 18.2. The number of allylic oxidation sites excluding steroid dienone is 3. The highest BCUT2D eigenvalue weighted by molar-refractivity contribution is 6.78. The van der Waals surface area contributed by atoms with E-state index in [9.17, 15) is 0 Å². The zero-order valence-electron chi connectivity index (χ0n) is 25.7. The molecule has 0 aromatic rings. The van der Waals surface area contributed by atoms with Gasteiger partial charge in [-0.15, -0.1) is 6.42 Å². The zero-order chi connectivity index (χ0) is 27.4. The normalized spacial score (nSPS) is 15.6. The molecular formula is C31H60O2Si2. The summed E-state index contributed by atoms with van der Waals surface area (Å²) in [5.41, 5.74) is 3.22. The fourth-order valence-electron chi connectivity index (χ4n) is 6.72. The van der Waals surface area contributed by atoms with E-state index in [4.69, 9.17) is 15.3 Å². The fraction of sp³-hybridized carbons (Fsp3) is 0.806. The van der Waals surface area contributed by atoms with Crippen molar-refractivity contribution >= 4 is 16.6 Å². The van der Waals surface area contributed by atoms with Crippen LogP contribution in [-0.2, 0) is 8.85 Å². The maximum atomic E-state index is 7.49. The first-order valence-electron chi connectivity index (χ1n) is 14.4. The van der Waals surface area contributed by atoms with Gasteiger partial charge in [-0.1, -0.05) is 133 Å². The Kier molecular flexibility index (Phi) is 16.0. The van der Waals surface area contributed by atoms with Crippen LogP contribution < -0.4 is 0 Å². The highest BCUT2D eigenvalue weighted by atomic mass is 28.4. The van der Waals surface area contributed by atoms with E-state index in [1.807, 2.05) is 6.08 Å². The summed E-state index contributed by atoms with van der Waals surface area (Å²) >= 11 is 0. The van der Waals surface area contributed by atoms with Crippen LogP contribution in [0.15, 0.2) is 24.3 Å². The highest BCUT2D eigenvalue weighted by Crippen LogP contribution is 2.46. The molecular weight excluding hydrogens is 461 g/mol. The second-order valence-corrected chi connectivity index (χ2v) is 23.1. The van der Waals surface area contributed by atoms with Crippen LogP contribution in [0.4, 0.5) is 0 Å². The minimum absolute atomic E-state index is 0.0590. The molecule has 2 nitrogen and oxygen atoms in total. The third-order valence-electron chi connectivity index (χ3n) is 8.17. The molecule has 0 bridgehead atoms.